The SMILES string of the molecule is CCOC(=O)c1ccc(-n2c(C)cc(C(O)C(O)CS)c2C)cc1. The average Bonchev–Trinajstić information content (AvgIpc) is 2.88. The Bertz CT molecular complexity index is 709. The van der Waals surface area contributed by atoms with Crippen molar-refractivity contribution >= 4 is 18.6 Å². The van der Waals surface area contributed by atoms with Crippen LogP contribution in [0.15, 0.2) is 30.3 Å². The van der Waals surface area contributed by atoms with E-state index in [2.05, 4.69) is 12.6 Å². The van der Waals surface area contributed by atoms with E-state index in [9.17, 15) is 15.0 Å². The fourth-order valence-electron chi connectivity index (χ4n) is 2.75. The summed E-state index contributed by atoms with van der Waals surface area (Å²) in [7, 11) is 0. The van der Waals surface area contributed by atoms with Crippen LogP contribution in [0.2, 0.25) is 0 Å². The molecule has 2 unspecified atom stereocenters. The number of esters is 1. The lowest BCUT2D eigenvalue weighted by molar-refractivity contribution is 0.0334. The Morgan fingerprint density at radius 2 is 1.88 bits per heavy atom. The number of aliphatic hydroxyl groups excluding tert-OH is 2. The first-order chi connectivity index (χ1) is 11.4. The van der Waals surface area contributed by atoms with E-state index in [1.165, 1.54) is 0 Å². The van der Waals surface area contributed by atoms with E-state index < -0.39 is 12.2 Å². The summed E-state index contributed by atoms with van der Waals surface area (Å²) in [6.45, 7) is 5.92. The first-order valence-electron chi connectivity index (χ1n) is 7.84. The van der Waals surface area contributed by atoms with Gasteiger partial charge in [-0.05, 0) is 51.1 Å². The molecule has 0 aliphatic heterocycles. The first-order valence-corrected chi connectivity index (χ1v) is 8.47. The minimum atomic E-state index is -0.985. The summed E-state index contributed by atoms with van der Waals surface area (Å²) in [5.41, 5.74) is 3.80. The van der Waals surface area contributed by atoms with E-state index >= 15 is 0 Å². The van der Waals surface area contributed by atoms with Gasteiger partial charge in [0.2, 0.25) is 0 Å². The molecule has 0 saturated carbocycles. The highest BCUT2D eigenvalue weighted by atomic mass is 32.1. The standard InChI is InChI=1S/C18H23NO4S/c1-4-23-18(22)13-5-7-14(8-6-13)19-11(2)9-15(12(19)3)17(21)16(20)10-24/h5-9,16-17,20-21,24H,4,10H2,1-3H3. The smallest absolute Gasteiger partial charge is 0.338 e. The van der Waals surface area contributed by atoms with E-state index in [0.29, 0.717) is 17.7 Å². The molecule has 0 saturated heterocycles. The molecule has 24 heavy (non-hydrogen) atoms. The highest BCUT2D eigenvalue weighted by molar-refractivity contribution is 7.80. The largest absolute Gasteiger partial charge is 0.462 e. The Hall–Kier alpha value is -1.76. The molecule has 0 amide bonds. The zero-order valence-electron chi connectivity index (χ0n) is 14.1. The number of carbonyl (C=O) groups excluding carboxylic acids is 1. The number of hydrogen-bond donors (Lipinski definition) is 3. The minimum Gasteiger partial charge on any atom is -0.462 e. The molecule has 2 atom stereocenters. The van der Waals surface area contributed by atoms with Crippen LogP contribution in [-0.4, -0.2) is 39.2 Å². The van der Waals surface area contributed by atoms with Crippen molar-refractivity contribution in [2.75, 3.05) is 12.4 Å². The minimum absolute atomic E-state index is 0.180. The summed E-state index contributed by atoms with van der Waals surface area (Å²) >= 11 is 4.03. The van der Waals surface area contributed by atoms with Gasteiger partial charge in [-0.1, -0.05) is 0 Å². The maximum atomic E-state index is 11.7. The van der Waals surface area contributed by atoms with Crippen LogP contribution in [0, 0.1) is 13.8 Å². The molecule has 2 N–H and O–H groups in total. The van der Waals surface area contributed by atoms with Crippen LogP contribution in [0.4, 0.5) is 0 Å². The second-order valence-corrected chi connectivity index (χ2v) is 5.99. The molecule has 2 aromatic rings. The highest BCUT2D eigenvalue weighted by Gasteiger charge is 2.22. The molecule has 0 radical (unpaired) electrons. The van der Waals surface area contributed by atoms with Crippen LogP contribution >= 0.6 is 12.6 Å². The van der Waals surface area contributed by atoms with Gasteiger partial charge in [0.05, 0.1) is 18.3 Å². The molecular weight excluding hydrogens is 326 g/mol. The lowest BCUT2D eigenvalue weighted by Crippen LogP contribution is -2.20. The Labute approximate surface area is 147 Å². The van der Waals surface area contributed by atoms with E-state index in [-0.39, 0.29) is 11.7 Å². The molecule has 0 fully saturated rings. The fraction of sp³-hybridized carbons (Fsp3) is 0.389. The molecule has 2 rings (SSSR count). The topological polar surface area (TPSA) is 71.7 Å². The monoisotopic (exact) mass is 349 g/mol. The number of benzene rings is 1. The van der Waals surface area contributed by atoms with Crippen molar-refractivity contribution in [3.63, 3.8) is 0 Å². The molecule has 0 bridgehead atoms. The second kappa shape index (κ2) is 7.88. The Balaban J connectivity index is 2.36. The molecule has 1 heterocycles. The number of aromatic nitrogens is 1. The molecule has 0 aliphatic rings. The summed E-state index contributed by atoms with van der Waals surface area (Å²) in [6.07, 6.45) is -1.91. The maximum absolute atomic E-state index is 11.7. The highest BCUT2D eigenvalue weighted by Crippen LogP contribution is 2.28. The summed E-state index contributed by atoms with van der Waals surface area (Å²) < 4.78 is 6.95. The van der Waals surface area contributed by atoms with E-state index in [1.807, 2.05) is 36.6 Å². The van der Waals surface area contributed by atoms with Crippen LogP contribution in [0.1, 0.15) is 40.3 Å². The van der Waals surface area contributed by atoms with E-state index in [1.54, 1.807) is 19.1 Å². The fourth-order valence-corrected chi connectivity index (χ4v) is 2.95. The van der Waals surface area contributed by atoms with Crippen molar-refractivity contribution < 1.29 is 19.7 Å². The van der Waals surface area contributed by atoms with Gasteiger partial charge in [-0.25, -0.2) is 4.79 Å². The summed E-state index contributed by atoms with van der Waals surface area (Å²) in [5, 5.41) is 20.1. The van der Waals surface area contributed by atoms with Crippen molar-refractivity contribution in [3.05, 3.63) is 52.8 Å². The third-order valence-electron chi connectivity index (χ3n) is 3.98. The lowest BCUT2D eigenvalue weighted by atomic mass is 10.1. The zero-order valence-corrected chi connectivity index (χ0v) is 15.0. The van der Waals surface area contributed by atoms with Crippen LogP contribution < -0.4 is 0 Å². The number of rotatable bonds is 6. The maximum Gasteiger partial charge on any atom is 0.338 e. The van der Waals surface area contributed by atoms with Gasteiger partial charge in [0, 0.05) is 28.4 Å². The summed E-state index contributed by atoms with van der Waals surface area (Å²) in [4.78, 5) is 11.7. The number of hydrogen-bond acceptors (Lipinski definition) is 5. The van der Waals surface area contributed by atoms with Gasteiger partial charge in [-0.2, -0.15) is 12.6 Å². The number of aryl methyl sites for hydroxylation is 1. The first kappa shape index (κ1) is 18.6. The van der Waals surface area contributed by atoms with Gasteiger partial charge in [0.1, 0.15) is 6.10 Å². The Kier molecular flexibility index (Phi) is 6.10. The van der Waals surface area contributed by atoms with E-state index in [0.717, 1.165) is 17.1 Å². The van der Waals surface area contributed by atoms with Gasteiger partial charge >= 0.3 is 5.97 Å². The lowest BCUT2D eigenvalue weighted by Gasteiger charge is -2.17. The van der Waals surface area contributed by atoms with Crippen LogP contribution in [0.5, 0.6) is 0 Å². The van der Waals surface area contributed by atoms with Crippen molar-refractivity contribution in [2.24, 2.45) is 0 Å². The molecule has 6 heteroatoms. The van der Waals surface area contributed by atoms with Gasteiger partial charge < -0.3 is 19.5 Å². The summed E-state index contributed by atoms with van der Waals surface area (Å²) in [5.74, 6) is -0.169. The average molecular weight is 349 g/mol. The molecule has 0 aliphatic carbocycles. The number of thiol groups is 1. The second-order valence-electron chi connectivity index (χ2n) is 5.62. The number of nitrogens with zero attached hydrogens (tertiary/aromatic N) is 1. The normalized spacial score (nSPS) is 13.6. The molecule has 130 valence electrons. The van der Waals surface area contributed by atoms with Gasteiger partial charge in [-0.15, -0.1) is 0 Å². The number of aliphatic hydroxyl groups is 2. The Morgan fingerprint density at radius 3 is 2.42 bits per heavy atom. The van der Waals surface area contributed by atoms with Crippen LogP contribution in [-0.2, 0) is 4.74 Å². The van der Waals surface area contributed by atoms with Crippen molar-refractivity contribution in [3.8, 4) is 5.69 Å². The molecule has 1 aromatic carbocycles. The van der Waals surface area contributed by atoms with Gasteiger partial charge in [-0.3, -0.25) is 0 Å². The Morgan fingerprint density at radius 1 is 1.25 bits per heavy atom. The van der Waals surface area contributed by atoms with Gasteiger partial charge in [0.25, 0.3) is 0 Å². The summed E-state index contributed by atoms with van der Waals surface area (Å²) in [6, 6.07) is 8.94. The predicted molar refractivity (Wildman–Crippen MR) is 96.0 cm³/mol. The van der Waals surface area contributed by atoms with Crippen LogP contribution in [0.3, 0.4) is 0 Å². The van der Waals surface area contributed by atoms with Crippen molar-refractivity contribution in [2.45, 2.75) is 33.0 Å². The van der Waals surface area contributed by atoms with Crippen LogP contribution in [0.25, 0.3) is 5.69 Å². The van der Waals surface area contributed by atoms with Crippen molar-refractivity contribution in [1.82, 2.24) is 4.57 Å². The predicted octanol–water partition coefficient (Wildman–Crippen LogP) is 2.59. The number of ether oxygens (including phenoxy) is 1. The zero-order chi connectivity index (χ0) is 17.9. The molecule has 5 nitrogen and oxygen atoms in total. The third-order valence-corrected chi connectivity index (χ3v) is 4.35. The van der Waals surface area contributed by atoms with E-state index in [4.69, 9.17) is 4.74 Å². The third kappa shape index (κ3) is 3.66. The molecular formula is C18H23NO4S. The number of carbonyl (C=O) groups is 1. The molecule has 1 aromatic heterocycles. The molecule has 0 spiro atoms. The van der Waals surface area contributed by atoms with Gasteiger partial charge in [0.15, 0.2) is 0 Å². The quantitative estimate of drug-likeness (QED) is 0.554. The van der Waals surface area contributed by atoms with Crippen molar-refractivity contribution in [1.29, 1.82) is 0 Å².